The van der Waals surface area contributed by atoms with Gasteiger partial charge in [-0.25, -0.2) is 9.18 Å². The predicted octanol–water partition coefficient (Wildman–Crippen LogP) is 6.26. The summed E-state index contributed by atoms with van der Waals surface area (Å²) in [5.74, 6) is -0.800. The summed E-state index contributed by atoms with van der Waals surface area (Å²) in [5, 5.41) is 14.1. The fraction of sp³-hybridized carbons (Fsp3) is 0.357. The molecule has 0 radical (unpaired) electrons. The maximum absolute atomic E-state index is 14.0. The van der Waals surface area contributed by atoms with Crippen LogP contribution in [0.15, 0.2) is 67.0 Å². The van der Waals surface area contributed by atoms with E-state index < -0.39 is 17.3 Å². The molecule has 5 rings (SSSR count). The van der Waals surface area contributed by atoms with E-state index in [0.29, 0.717) is 36.1 Å². The average molecular weight is 495 g/mol. The largest absolute Gasteiger partial charge is 0.490 e. The lowest BCUT2D eigenvalue weighted by Crippen LogP contribution is -2.53. The van der Waals surface area contributed by atoms with E-state index >= 15 is 0 Å². The molecule has 0 aliphatic heterocycles. The number of pyridine rings is 1. The zero-order chi connectivity index (χ0) is 24.5. The number of nitrogens with zero attached hydrogens (tertiary/aromatic N) is 1. The highest BCUT2D eigenvalue weighted by atomic mass is 35.5. The zero-order valence-corrected chi connectivity index (χ0v) is 20.1. The molecule has 1 saturated carbocycles. The van der Waals surface area contributed by atoms with Gasteiger partial charge in [0.2, 0.25) is 0 Å². The van der Waals surface area contributed by atoms with Gasteiger partial charge in [-0.05, 0) is 79.2 Å². The number of fused-ring (bicyclic) bond motifs is 2. The third-order valence-electron chi connectivity index (χ3n) is 7.87. The van der Waals surface area contributed by atoms with Crippen LogP contribution in [-0.2, 0) is 16.6 Å². The van der Waals surface area contributed by atoms with Gasteiger partial charge < -0.3 is 15.2 Å². The highest BCUT2D eigenvalue weighted by Crippen LogP contribution is 2.55. The molecule has 2 aliphatic carbocycles. The lowest BCUT2D eigenvalue weighted by molar-refractivity contribution is -0.144. The van der Waals surface area contributed by atoms with Crippen LogP contribution in [0.5, 0.6) is 5.75 Å². The lowest BCUT2D eigenvalue weighted by Gasteiger charge is -2.47. The Bertz CT molecular complexity index is 1230. The Morgan fingerprint density at radius 2 is 1.94 bits per heavy atom. The number of nitrogens with one attached hydrogen (secondary N) is 1. The van der Waals surface area contributed by atoms with Crippen LogP contribution in [0.25, 0.3) is 0 Å². The van der Waals surface area contributed by atoms with Gasteiger partial charge in [-0.15, -0.1) is 0 Å². The second-order valence-corrected chi connectivity index (χ2v) is 10.1. The van der Waals surface area contributed by atoms with Crippen molar-refractivity contribution in [3.05, 3.63) is 89.0 Å². The van der Waals surface area contributed by atoms with E-state index in [1.807, 2.05) is 12.1 Å². The average Bonchev–Trinajstić information content (AvgIpc) is 3.15. The molecule has 182 valence electrons. The molecule has 1 heterocycles. The number of halogens is 2. The molecular formula is C28H28ClFN2O3. The Kier molecular flexibility index (Phi) is 6.41. The molecule has 2 aromatic carbocycles. The van der Waals surface area contributed by atoms with Crippen molar-refractivity contribution in [2.45, 2.75) is 49.5 Å². The monoisotopic (exact) mass is 494 g/mol. The van der Waals surface area contributed by atoms with Gasteiger partial charge in [0.15, 0.2) is 11.6 Å². The van der Waals surface area contributed by atoms with E-state index in [9.17, 15) is 14.3 Å². The Labute approximate surface area is 209 Å². The summed E-state index contributed by atoms with van der Waals surface area (Å²) < 4.78 is 19.7. The van der Waals surface area contributed by atoms with Gasteiger partial charge in [0, 0.05) is 23.0 Å². The number of carboxylic acid groups (broad SMARTS) is 1. The highest BCUT2D eigenvalue weighted by Gasteiger charge is 2.53. The first-order valence-corrected chi connectivity index (χ1v) is 12.4. The normalized spacial score (nSPS) is 25.3. The molecule has 2 N–H and O–H groups in total. The number of carboxylic acids is 1. The summed E-state index contributed by atoms with van der Waals surface area (Å²) in [7, 11) is 0. The lowest BCUT2D eigenvalue weighted by atomic mass is 9.60. The molecular weight excluding hydrogens is 467 g/mol. The Hall–Kier alpha value is -3.12. The number of benzene rings is 2. The van der Waals surface area contributed by atoms with Crippen LogP contribution in [0.2, 0.25) is 5.02 Å². The van der Waals surface area contributed by atoms with Crippen molar-refractivity contribution in [2.24, 2.45) is 5.92 Å². The molecule has 1 aromatic heterocycles. The zero-order valence-electron chi connectivity index (χ0n) is 19.3. The van der Waals surface area contributed by atoms with Crippen LogP contribution in [0.4, 0.5) is 10.1 Å². The standard InChI is InChI=1S/C28H28ClFN2O3/c29-21-5-3-6-22(17-21)32-28(26(33)34)12-10-27(11-13-28)20(16-19-4-1-2-7-23(19)27)9-15-35-25-8-14-31-18-24(25)30/h1-8,14,17-18,20,32H,9-13,15-16H2,(H,33,34). The van der Waals surface area contributed by atoms with E-state index in [-0.39, 0.29) is 11.2 Å². The summed E-state index contributed by atoms with van der Waals surface area (Å²) in [4.78, 5) is 16.3. The molecule has 5 nitrogen and oxygen atoms in total. The number of carbonyl (C=O) groups is 1. The van der Waals surface area contributed by atoms with E-state index in [4.69, 9.17) is 16.3 Å². The first-order valence-electron chi connectivity index (χ1n) is 12.0. The third-order valence-corrected chi connectivity index (χ3v) is 8.11. The number of rotatable bonds is 7. The fourth-order valence-corrected chi connectivity index (χ4v) is 6.26. The van der Waals surface area contributed by atoms with Crippen LogP contribution < -0.4 is 10.1 Å². The smallest absolute Gasteiger partial charge is 0.329 e. The third kappa shape index (κ3) is 4.47. The number of hydrogen-bond acceptors (Lipinski definition) is 4. The van der Waals surface area contributed by atoms with Crippen molar-refractivity contribution in [1.29, 1.82) is 0 Å². The van der Waals surface area contributed by atoms with Gasteiger partial charge in [-0.1, -0.05) is 41.9 Å². The number of aromatic nitrogens is 1. The van der Waals surface area contributed by atoms with Crippen molar-refractivity contribution < 1.29 is 19.0 Å². The quantitative estimate of drug-likeness (QED) is 0.405. The molecule has 1 fully saturated rings. The van der Waals surface area contributed by atoms with Crippen LogP contribution in [-0.4, -0.2) is 28.2 Å². The first-order chi connectivity index (χ1) is 16.9. The van der Waals surface area contributed by atoms with Gasteiger partial charge in [0.05, 0.1) is 12.8 Å². The maximum atomic E-state index is 14.0. The Morgan fingerprint density at radius 3 is 2.69 bits per heavy atom. The van der Waals surface area contributed by atoms with Gasteiger partial charge in [0.1, 0.15) is 5.54 Å². The Morgan fingerprint density at radius 1 is 1.14 bits per heavy atom. The van der Waals surface area contributed by atoms with Gasteiger partial charge >= 0.3 is 5.97 Å². The molecule has 7 heteroatoms. The minimum Gasteiger partial charge on any atom is -0.490 e. The van der Waals surface area contributed by atoms with Gasteiger partial charge in [-0.3, -0.25) is 4.98 Å². The molecule has 35 heavy (non-hydrogen) atoms. The summed E-state index contributed by atoms with van der Waals surface area (Å²) in [6, 6.07) is 17.2. The maximum Gasteiger partial charge on any atom is 0.329 e. The van der Waals surface area contributed by atoms with E-state index in [2.05, 4.69) is 34.6 Å². The number of aliphatic carboxylic acids is 1. The molecule has 0 amide bonds. The van der Waals surface area contributed by atoms with Crippen LogP contribution in [0.1, 0.15) is 43.2 Å². The second-order valence-electron chi connectivity index (χ2n) is 9.68. The number of hydrogen-bond donors (Lipinski definition) is 2. The summed E-state index contributed by atoms with van der Waals surface area (Å²) in [6.07, 6.45) is 6.85. The molecule has 0 saturated heterocycles. The molecule has 3 aromatic rings. The summed E-state index contributed by atoms with van der Waals surface area (Å²) in [6.45, 7) is 0.395. The van der Waals surface area contributed by atoms with Crippen LogP contribution >= 0.6 is 11.6 Å². The molecule has 1 unspecified atom stereocenters. The van der Waals surface area contributed by atoms with E-state index in [1.165, 1.54) is 23.4 Å². The van der Waals surface area contributed by atoms with E-state index in [0.717, 1.165) is 31.9 Å². The number of ether oxygens (including phenoxy) is 1. The van der Waals surface area contributed by atoms with Crippen molar-refractivity contribution in [3.63, 3.8) is 0 Å². The summed E-state index contributed by atoms with van der Waals surface area (Å²) in [5.41, 5.74) is 2.19. The van der Waals surface area contributed by atoms with Crippen LogP contribution in [0.3, 0.4) is 0 Å². The Balaban J connectivity index is 1.36. The van der Waals surface area contributed by atoms with Crippen LogP contribution in [0, 0.1) is 11.7 Å². The highest BCUT2D eigenvalue weighted by molar-refractivity contribution is 6.30. The SMILES string of the molecule is O=C(O)C1(Nc2cccc(Cl)c2)CCC2(CC1)c1ccccc1CC2CCOc1ccncc1F. The summed E-state index contributed by atoms with van der Waals surface area (Å²) >= 11 is 6.14. The van der Waals surface area contributed by atoms with Crippen molar-refractivity contribution in [1.82, 2.24) is 4.98 Å². The fourth-order valence-electron chi connectivity index (χ4n) is 6.07. The predicted molar refractivity (Wildman–Crippen MR) is 134 cm³/mol. The van der Waals surface area contributed by atoms with E-state index in [1.54, 1.807) is 12.1 Å². The molecule has 2 aliphatic rings. The van der Waals surface area contributed by atoms with Gasteiger partial charge in [0.25, 0.3) is 0 Å². The van der Waals surface area contributed by atoms with Crippen molar-refractivity contribution >= 4 is 23.3 Å². The first kappa shape index (κ1) is 23.6. The van der Waals surface area contributed by atoms with Crippen molar-refractivity contribution in [3.8, 4) is 5.75 Å². The molecule has 1 atom stereocenters. The minimum absolute atomic E-state index is 0.119. The number of anilines is 1. The molecule has 0 bridgehead atoms. The van der Waals surface area contributed by atoms with Gasteiger partial charge in [-0.2, -0.15) is 0 Å². The second kappa shape index (κ2) is 9.50. The van der Waals surface area contributed by atoms with Crippen molar-refractivity contribution in [2.75, 3.05) is 11.9 Å². The minimum atomic E-state index is -1.05. The molecule has 1 spiro atoms. The topological polar surface area (TPSA) is 71.5 Å².